The van der Waals surface area contributed by atoms with Crippen LogP contribution in [0.25, 0.3) is 0 Å². The highest BCUT2D eigenvalue weighted by atomic mass is 32.2. The zero-order valence-corrected chi connectivity index (χ0v) is 26.7. The maximum absolute atomic E-state index is 17.6. The minimum absolute atomic E-state index is 0.0963. The van der Waals surface area contributed by atoms with Crippen LogP contribution in [0, 0.1) is 45.3 Å². The number of carbonyl (C=O) groups is 3. The molecule has 0 spiro atoms. The molecule has 2 aromatic carbocycles. The number of hydrogen-bond donors (Lipinski definition) is 2. The van der Waals surface area contributed by atoms with E-state index in [0.717, 1.165) is 11.8 Å². The molecule has 4 aliphatic rings. The lowest BCUT2D eigenvalue weighted by atomic mass is 9.45. The van der Waals surface area contributed by atoms with Gasteiger partial charge in [0.25, 0.3) is 0 Å². The second-order valence-corrected chi connectivity index (χ2v) is 14.1. The van der Waals surface area contributed by atoms with Gasteiger partial charge in [-0.2, -0.15) is 10.5 Å². The molecule has 2 aromatic rings. The van der Waals surface area contributed by atoms with E-state index in [-0.39, 0.29) is 47.0 Å². The molecule has 0 unspecified atom stereocenters. The van der Waals surface area contributed by atoms with E-state index in [4.69, 9.17) is 14.7 Å². The second-order valence-electron chi connectivity index (χ2n) is 13.2. The summed E-state index contributed by atoms with van der Waals surface area (Å²) in [5, 5.41) is 39.4. The van der Waals surface area contributed by atoms with E-state index < -0.39 is 51.1 Å². The SMILES string of the molecule is C[C@]12C=CC(=O)C=C1CC[C@H]1[C@@H]3CC[C@](OC(=O)c4ccc(Oc5ccc(C#N)c(O)c5)cc4)(C(=O)SCC#N)[C@@]3(C)C[C@H](O)[C@@]12F. The number of rotatable bonds is 6. The second kappa shape index (κ2) is 11.7. The van der Waals surface area contributed by atoms with Crippen molar-refractivity contribution >= 4 is 28.6 Å². The van der Waals surface area contributed by atoms with E-state index in [1.54, 1.807) is 19.9 Å². The van der Waals surface area contributed by atoms with Gasteiger partial charge in [-0.1, -0.05) is 30.3 Å². The van der Waals surface area contributed by atoms with Gasteiger partial charge >= 0.3 is 5.97 Å². The molecule has 0 radical (unpaired) electrons. The predicted octanol–water partition coefficient (Wildman–Crippen LogP) is 6.11. The van der Waals surface area contributed by atoms with Crippen LogP contribution in [0.15, 0.2) is 66.3 Å². The molecule has 9 nitrogen and oxygen atoms in total. The molecule has 0 aromatic heterocycles. The molecule has 0 saturated heterocycles. The van der Waals surface area contributed by atoms with Crippen molar-refractivity contribution in [3.05, 3.63) is 77.4 Å². The van der Waals surface area contributed by atoms with Gasteiger partial charge < -0.3 is 19.7 Å². The van der Waals surface area contributed by atoms with Crippen LogP contribution >= 0.6 is 11.8 Å². The number of ketones is 1. The molecule has 242 valence electrons. The molecule has 4 aliphatic carbocycles. The Balaban J connectivity index is 1.30. The average molecular weight is 657 g/mol. The molecule has 0 aliphatic heterocycles. The molecule has 0 heterocycles. The first-order valence-corrected chi connectivity index (χ1v) is 16.4. The molecule has 3 saturated carbocycles. The summed E-state index contributed by atoms with van der Waals surface area (Å²) in [6.45, 7) is 3.50. The highest BCUT2D eigenvalue weighted by Crippen LogP contribution is 2.70. The first-order chi connectivity index (χ1) is 22.3. The number of allylic oxidation sites excluding steroid dienone is 4. The van der Waals surface area contributed by atoms with Crippen molar-refractivity contribution < 1.29 is 38.5 Å². The predicted molar refractivity (Wildman–Crippen MR) is 169 cm³/mol. The van der Waals surface area contributed by atoms with Crippen molar-refractivity contribution in [2.75, 3.05) is 5.75 Å². The number of nitrogens with zero attached hydrogens (tertiary/aromatic N) is 2. The maximum atomic E-state index is 17.6. The smallest absolute Gasteiger partial charge is 0.339 e. The number of esters is 1. The average Bonchev–Trinajstić information content (AvgIpc) is 3.33. The van der Waals surface area contributed by atoms with Gasteiger partial charge in [0, 0.05) is 22.8 Å². The maximum Gasteiger partial charge on any atom is 0.339 e. The molecule has 47 heavy (non-hydrogen) atoms. The zero-order valence-electron chi connectivity index (χ0n) is 25.9. The Morgan fingerprint density at radius 2 is 1.81 bits per heavy atom. The summed E-state index contributed by atoms with van der Waals surface area (Å²) in [5.41, 5.74) is -5.32. The monoisotopic (exact) mass is 656 g/mol. The summed E-state index contributed by atoms with van der Waals surface area (Å²) >= 11 is 0.748. The van der Waals surface area contributed by atoms with Gasteiger partial charge in [-0.25, -0.2) is 9.18 Å². The fourth-order valence-corrected chi connectivity index (χ4v) is 9.45. The topological polar surface area (TPSA) is 158 Å². The third-order valence-electron chi connectivity index (χ3n) is 11.0. The molecule has 0 amide bonds. The van der Waals surface area contributed by atoms with Gasteiger partial charge in [0.15, 0.2) is 17.1 Å². The van der Waals surface area contributed by atoms with Crippen molar-refractivity contribution in [1.82, 2.24) is 0 Å². The number of aliphatic hydroxyl groups is 1. The Bertz CT molecular complexity index is 1810. The Kier molecular flexibility index (Phi) is 8.06. The Hall–Kier alpha value is -4.45. The molecular formula is C36H33FN2O7S. The summed E-state index contributed by atoms with van der Waals surface area (Å²) in [6.07, 6.45) is 3.99. The number of alkyl halides is 1. The molecule has 7 atom stereocenters. The summed E-state index contributed by atoms with van der Waals surface area (Å²) in [5.74, 6) is -1.91. The first kappa shape index (κ1) is 32.5. The Morgan fingerprint density at radius 1 is 1.09 bits per heavy atom. The number of benzene rings is 2. The summed E-state index contributed by atoms with van der Waals surface area (Å²) in [4.78, 5) is 39.9. The van der Waals surface area contributed by atoms with Crippen molar-refractivity contribution in [2.45, 2.75) is 63.3 Å². The lowest BCUT2D eigenvalue weighted by Gasteiger charge is -2.62. The molecule has 3 fully saturated rings. The van der Waals surface area contributed by atoms with Crippen molar-refractivity contribution in [3.63, 3.8) is 0 Å². The van der Waals surface area contributed by atoms with Gasteiger partial charge in [0.05, 0.1) is 29.1 Å². The summed E-state index contributed by atoms with van der Waals surface area (Å²) < 4.78 is 29.5. The number of fused-ring (bicyclic) bond motifs is 5. The van der Waals surface area contributed by atoms with Crippen LogP contribution in [0.2, 0.25) is 0 Å². The van der Waals surface area contributed by atoms with Crippen LogP contribution in [0.1, 0.15) is 61.9 Å². The normalized spacial score (nSPS) is 33.7. The van der Waals surface area contributed by atoms with Gasteiger partial charge in [-0.15, -0.1) is 0 Å². The van der Waals surface area contributed by atoms with Crippen molar-refractivity contribution in [1.29, 1.82) is 10.5 Å². The Morgan fingerprint density at radius 3 is 2.49 bits per heavy atom. The van der Waals surface area contributed by atoms with E-state index in [0.29, 0.717) is 30.6 Å². The molecule has 2 N–H and O–H groups in total. The quantitative estimate of drug-likeness (QED) is 0.348. The fourth-order valence-electron chi connectivity index (χ4n) is 8.64. The standard InChI is InChI=1S/C36H33FN2O7S/c1-33-13-11-24(40)17-23(33)6-10-28-27-12-14-35(32(44)47-16-15-38,34(27,2)19-30(42)36(28,33)37)46-31(43)21-3-7-25(8-4-21)45-26-9-5-22(20-39)29(41)18-26/h3-5,7-9,11,13,17-18,27-28,30,41-42H,6,10,12,14,16,19H2,1-2H3/t27-,28-,30-,33-,34-,35-,36-/m0/s1. The number of phenolic OH excluding ortho intramolecular Hbond substituents is 1. The van der Waals surface area contributed by atoms with Crippen molar-refractivity contribution in [2.24, 2.45) is 22.7 Å². The Labute approximate surface area is 275 Å². The summed E-state index contributed by atoms with van der Waals surface area (Å²) in [7, 11) is 0. The van der Waals surface area contributed by atoms with Gasteiger partial charge in [-0.3, -0.25) is 9.59 Å². The molecular weight excluding hydrogens is 623 g/mol. The number of carbonyl (C=O) groups excluding carboxylic acids is 3. The van der Waals surface area contributed by atoms with Crippen LogP contribution in [0.3, 0.4) is 0 Å². The third kappa shape index (κ3) is 4.87. The van der Waals surface area contributed by atoms with Crippen LogP contribution < -0.4 is 4.74 Å². The lowest BCUT2D eigenvalue weighted by Crippen LogP contribution is -2.69. The van der Waals surface area contributed by atoms with Crippen LogP contribution in [0.4, 0.5) is 4.39 Å². The molecule has 11 heteroatoms. The molecule has 0 bridgehead atoms. The number of halogens is 1. The van der Waals surface area contributed by atoms with E-state index in [2.05, 4.69) is 0 Å². The van der Waals surface area contributed by atoms with E-state index >= 15 is 4.39 Å². The number of nitriles is 2. The van der Waals surface area contributed by atoms with Gasteiger partial charge in [0.1, 0.15) is 23.3 Å². The van der Waals surface area contributed by atoms with Crippen LogP contribution in [-0.4, -0.2) is 50.2 Å². The number of phenols is 1. The van der Waals surface area contributed by atoms with E-state index in [1.807, 2.05) is 12.1 Å². The van der Waals surface area contributed by atoms with E-state index in [1.165, 1.54) is 54.6 Å². The largest absolute Gasteiger partial charge is 0.506 e. The molecule has 6 rings (SSSR count). The van der Waals surface area contributed by atoms with Crippen LogP contribution in [0.5, 0.6) is 17.2 Å². The number of thioether (sulfide) groups is 1. The minimum atomic E-state index is -2.11. The number of aromatic hydroxyl groups is 1. The number of aliphatic hydroxyl groups excluding tert-OH is 1. The van der Waals surface area contributed by atoms with Gasteiger partial charge in [0.2, 0.25) is 5.12 Å². The zero-order chi connectivity index (χ0) is 33.8. The first-order valence-electron chi connectivity index (χ1n) is 15.4. The van der Waals surface area contributed by atoms with Crippen molar-refractivity contribution in [3.8, 4) is 29.4 Å². The van der Waals surface area contributed by atoms with E-state index in [9.17, 15) is 29.9 Å². The highest BCUT2D eigenvalue weighted by molar-refractivity contribution is 8.14. The van der Waals surface area contributed by atoms with Crippen LogP contribution in [-0.2, 0) is 14.3 Å². The summed E-state index contributed by atoms with van der Waals surface area (Å²) in [6, 6.07) is 14.0. The lowest BCUT2D eigenvalue weighted by molar-refractivity contribution is -0.214. The number of hydrogen-bond acceptors (Lipinski definition) is 10. The van der Waals surface area contributed by atoms with Gasteiger partial charge in [-0.05, 0) is 93.5 Å². The minimum Gasteiger partial charge on any atom is -0.506 e. The number of ether oxygens (including phenoxy) is 2. The highest BCUT2D eigenvalue weighted by Gasteiger charge is 2.75. The fraction of sp³-hybridized carbons (Fsp3) is 0.417. The third-order valence-corrected chi connectivity index (χ3v) is 11.9.